The van der Waals surface area contributed by atoms with Gasteiger partial charge in [0.2, 0.25) is 5.91 Å². The van der Waals surface area contributed by atoms with Crippen molar-refractivity contribution in [3.63, 3.8) is 0 Å². The van der Waals surface area contributed by atoms with Gasteiger partial charge in [-0.3, -0.25) is 4.79 Å². The van der Waals surface area contributed by atoms with Gasteiger partial charge in [0, 0.05) is 11.4 Å². The lowest BCUT2D eigenvalue weighted by atomic mass is 9.85. The fourth-order valence-corrected chi connectivity index (χ4v) is 3.11. The van der Waals surface area contributed by atoms with E-state index in [4.69, 9.17) is 0 Å². The highest BCUT2D eigenvalue weighted by molar-refractivity contribution is 8.00. The van der Waals surface area contributed by atoms with Crippen LogP contribution in [0.1, 0.15) is 32.1 Å². The molecule has 0 spiro atoms. The Bertz CT molecular complexity index is 444. The SMILES string of the molecule is O=C(CSc1ccc(F)cc1)NCC1(O)CCCCC1. The summed E-state index contributed by atoms with van der Waals surface area (Å²) in [4.78, 5) is 12.6. The third-order valence-corrected chi connectivity index (χ3v) is 4.59. The maximum atomic E-state index is 12.7. The van der Waals surface area contributed by atoms with E-state index in [2.05, 4.69) is 5.32 Å². The van der Waals surface area contributed by atoms with E-state index in [1.807, 2.05) is 0 Å². The predicted octanol–water partition coefficient (Wildman–Crippen LogP) is 2.73. The molecule has 2 N–H and O–H groups in total. The normalized spacial score (nSPS) is 17.7. The Hall–Kier alpha value is -1.07. The van der Waals surface area contributed by atoms with Crippen molar-refractivity contribution in [1.82, 2.24) is 5.32 Å². The van der Waals surface area contributed by atoms with Crippen LogP contribution in [0.25, 0.3) is 0 Å². The molecule has 1 amide bonds. The lowest BCUT2D eigenvalue weighted by Gasteiger charge is -2.32. The van der Waals surface area contributed by atoms with Crippen molar-refractivity contribution in [3.05, 3.63) is 30.1 Å². The average molecular weight is 297 g/mol. The minimum absolute atomic E-state index is 0.0988. The smallest absolute Gasteiger partial charge is 0.230 e. The quantitative estimate of drug-likeness (QED) is 0.822. The summed E-state index contributed by atoms with van der Waals surface area (Å²) in [6.07, 6.45) is 4.74. The second kappa shape index (κ2) is 7.09. The third kappa shape index (κ3) is 4.80. The molecule has 1 fully saturated rings. The van der Waals surface area contributed by atoms with Crippen LogP contribution >= 0.6 is 11.8 Å². The van der Waals surface area contributed by atoms with E-state index in [1.165, 1.54) is 23.9 Å². The Balaban J connectivity index is 1.71. The van der Waals surface area contributed by atoms with Crippen LogP contribution in [0.2, 0.25) is 0 Å². The van der Waals surface area contributed by atoms with E-state index in [9.17, 15) is 14.3 Å². The molecule has 0 aromatic heterocycles. The van der Waals surface area contributed by atoms with E-state index in [1.54, 1.807) is 12.1 Å². The first-order valence-corrected chi connectivity index (χ1v) is 7.93. The van der Waals surface area contributed by atoms with Gasteiger partial charge in [-0.2, -0.15) is 0 Å². The molecular formula is C15H20FNO2S. The van der Waals surface area contributed by atoms with Gasteiger partial charge in [-0.05, 0) is 37.1 Å². The number of thioether (sulfide) groups is 1. The fraction of sp³-hybridized carbons (Fsp3) is 0.533. The Labute approximate surface area is 123 Å². The predicted molar refractivity (Wildman–Crippen MR) is 78.2 cm³/mol. The molecule has 0 atom stereocenters. The molecule has 0 aliphatic heterocycles. The molecule has 0 heterocycles. The molecule has 1 saturated carbocycles. The number of amides is 1. The van der Waals surface area contributed by atoms with E-state index < -0.39 is 5.60 Å². The molecular weight excluding hydrogens is 277 g/mol. The molecule has 1 aliphatic carbocycles. The number of aliphatic hydroxyl groups is 1. The zero-order valence-corrected chi connectivity index (χ0v) is 12.2. The van der Waals surface area contributed by atoms with Gasteiger partial charge in [0.1, 0.15) is 5.82 Å². The second-order valence-corrected chi connectivity index (χ2v) is 6.35. The molecule has 5 heteroatoms. The lowest BCUT2D eigenvalue weighted by Crippen LogP contribution is -2.44. The van der Waals surface area contributed by atoms with Gasteiger partial charge in [-0.15, -0.1) is 11.8 Å². The molecule has 1 aliphatic rings. The summed E-state index contributed by atoms with van der Waals surface area (Å²) in [5.74, 6) is -0.0986. The van der Waals surface area contributed by atoms with Gasteiger partial charge < -0.3 is 10.4 Å². The highest BCUT2D eigenvalue weighted by Gasteiger charge is 2.29. The van der Waals surface area contributed by atoms with Crippen LogP contribution in [0.3, 0.4) is 0 Å². The van der Waals surface area contributed by atoms with Crippen molar-refractivity contribution in [2.75, 3.05) is 12.3 Å². The molecule has 3 nitrogen and oxygen atoms in total. The third-order valence-electron chi connectivity index (χ3n) is 3.58. The molecule has 110 valence electrons. The maximum Gasteiger partial charge on any atom is 0.230 e. The van der Waals surface area contributed by atoms with Crippen molar-refractivity contribution < 1.29 is 14.3 Å². The van der Waals surface area contributed by atoms with Gasteiger partial charge in [-0.25, -0.2) is 4.39 Å². The number of carbonyl (C=O) groups is 1. The number of benzene rings is 1. The number of rotatable bonds is 5. The molecule has 1 aromatic rings. The van der Waals surface area contributed by atoms with Gasteiger partial charge in [0.15, 0.2) is 0 Å². The number of hydrogen-bond acceptors (Lipinski definition) is 3. The van der Waals surface area contributed by atoms with Gasteiger partial charge in [0.25, 0.3) is 0 Å². The summed E-state index contributed by atoms with van der Waals surface area (Å²) < 4.78 is 12.7. The molecule has 20 heavy (non-hydrogen) atoms. The maximum absolute atomic E-state index is 12.7. The first-order chi connectivity index (χ1) is 9.57. The number of carbonyl (C=O) groups excluding carboxylic acids is 1. The molecule has 0 unspecified atom stereocenters. The van der Waals surface area contributed by atoms with Crippen LogP contribution in [0, 0.1) is 5.82 Å². The first-order valence-electron chi connectivity index (χ1n) is 6.95. The molecule has 0 saturated heterocycles. The van der Waals surface area contributed by atoms with Crippen LogP contribution in [-0.2, 0) is 4.79 Å². The monoisotopic (exact) mass is 297 g/mol. The molecule has 0 radical (unpaired) electrons. The average Bonchev–Trinajstić information content (AvgIpc) is 2.45. The van der Waals surface area contributed by atoms with Crippen molar-refractivity contribution in [3.8, 4) is 0 Å². The summed E-state index contributed by atoms with van der Waals surface area (Å²) in [7, 11) is 0. The Morgan fingerprint density at radius 3 is 2.55 bits per heavy atom. The summed E-state index contributed by atoms with van der Waals surface area (Å²) in [6.45, 7) is 0.329. The van der Waals surface area contributed by atoms with Crippen LogP contribution in [-0.4, -0.2) is 28.9 Å². The minimum Gasteiger partial charge on any atom is -0.388 e. The highest BCUT2D eigenvalue weighted by Crippen LogP contribution is 2.27. The van der Waals surface area contributed by atoms with Gasteiger partial charge >= 0.3 is 0 Å². The Morgan fingerprint density at radius 2 is 1.90 bits per heavy atom. The van der Waals surface area contributed by atoms with E-state index >= 15 is 0 Å². The van der Waals surface area contributed by atoms with Crippen molar-refractivity contribution >= 4 is 17.7 Å². The second-order valence-electron chi connectivity index (χ2n) is 5.30. The first kappa shape index (κ1) is 15.3. The summed E-state index contributed by atoms with van der Waals surface area (Å²) >= 11 is 1.36. The summed E-state index contributed by atoms with van der Waals surface area (Å²) in [6, 6.07) is 6.07. The topological polar surface area (TPSA) is 49.3 Å². The molecule has 1 aromatic carbocycles. The fourth-order valence-electron chi connectivity index (χ4n) is 2.38. The zero-order valence-electron chi connectivity index (χ0n) is 11.4. The van der Waals surface area contributed by atoms with Crippen molar-refractivity contribution in [2.24, 2.45) is 0 Å². The van der Waals surface area contributed by atoms with Crippen LogP contribution in [0.15, 0.2) is 29.2 Å². The standard InChI is InChI=1S/C15H20FNO2S/c16-12-4-6-13(7-5-12)20-10-14(18)17-11-15(19)8-2-1-3-9-15/h4-7,19H,1-3,8-11H2,(H,17,18). The van der Waals surface area contributed by atoms with Crippen LogP contribution in [0.5, 0.6) is 0 Å². The minimum atomic E-state index is -0.728. The Morgan fingerprint density at radius 1 is 1.25 bits per heavy atom. The summed E-state index contributed by atoms with van der Waals surface area (Å²) in [5, 5.41) is 13.1. The molecule has 0 bridgehead atoms. The van der Waals surface area contributed by atoms with E-state index in [0.717, 1.165) is 37.0 Å². The van der Waals surface area contributed by atoms with Gasteiger partial charge in [0.05, 0.1) is 11.4 Å². The van der Waals surface area contributed by atoms with Crippen molar-refractivity contribution in [1.29, 1.82) is 0 Å². The van der Waals surface area contributed by atoms with E-state index in [0.29, 0.717) is 6.54 Å². The van der Waals surface area contributed by atoms with Crippen molar-refractivity contribution in [2.45, 2.75) is 42.6 Å². The summed E-state index contributed by atoms with van der Waals surface area (Å²) in [5.41, 5.74) is -0.728. The lowest BCUT2D eigenvalue weighted by molar-refractivity contribution is -0.120. The highest BCUT2D eigenvalue weighted by atomic mass is 32.2. The number of nitrogens with one attached hydrogen (secondary N) is 1. The van der Waals surface area contributed by atoms with E-state index in [-0.39, 0.29) is 17.5 Å². The number of halogens is 1. The largest absolute Gasteiger partial charge is 0.388 e. The van der Waals surface area contributed by atoms with Crippen LogP contribution < -0.4 is 5.32 Å². The van der Waals surface area contributed by atoms with Crippen LogP contribution in [0.4, 0.5) is 4.39 Å². The Kier molecular flexibility index (Phi) is 5.43. The zero-order chi connectivity index (χ0) is 14.4. The van der Waals surface area contributed by atoms with Gasteiger partial charge in [-0.1, -0.05) is 19.3 Å². The number of hydrogen-bond donors (Lipinski definition) is 2. The molecule has 2 rings (SSSR count).